The van der Waals surface area contributed by atoms with Gasteiger partial charge in [-0.1, -0.05) is 12.1 Å². The molecule has 0 saturated heterocycles. The molecule has 0 fully saturated rings. The summed E-state index contributed by atoms with van der Waals surface area (Å²) in [5, 5.41) is 22.6. The number of anilines is 1. The van der Waals surface area contributed by atoms with Crippen LogP contribution in [-0.2, 0) is 4.79 Å². The molecular weight excluding hydrogens is 322 g/mol. The van der Waals surface area contributed by atoms with E-state index in [0.29, 0.717) is 23.6 Å². The van der Waals surface area contributed by atoms with Crippen molar-refractivity contribution in [1.82, 2.24) is 0 Å². The lowest BCUT2D eigenvalue weighted by Crippen LogP contribution is -2.13. The number of rotatable bonds is 6. The summed E-state index contributed by atoms with van der Waals surface area (Å²) in [5.41, 5.74) is 0.633. The Kier molecular flexibility index (Phi) is 5.85. The number of nitro groups is 1. The monoisotopic (exact) mass is 337 g/mol. The van der Waals surface area contributed by atoms with Gasteiger partial charge in [-0.3, -0.25) is 14.9 Å². The fraction of sp³-hybridized carbons (Fsp3) is 0.111. The van der Waals surface area contributed by atoms with Crippen LogP contribution in [0.4, 0.5) is 11.4 Å². The van der Waals surface area contributed by atoms with Gasteiger partial charge in [-0.2, -0.15) is 5.26 Å². The van der Waals surface area contributed by atoms with E-state index in [-0.39, 0.29) is 11.3 Å². The first-order valence-electron chi connectivity index (χ1n) is 7.44. The highest BCUT2D eigenvalue weighted by Crippen LogP contribution is 2.18. The number of benzene rings is 2. The number of nitrogens with one attached hydrogen (secondary N) is 1. The second-order valence-electron chi connectivity index (χ2n) is 4.93. The smallest absolute Gasteiger partial charge is 0.270 e. The number of nitro benzene ring substituents is 1. The average molecular weight is 337 g/mol. The van der Waals surface area contributed by atoms with Crippen LogP contribution in [0.5, 0.6) is 5.75 Å². The van der Waals surface area contributed by atoms with Crippen LogP contribution >= 0.6 is 0 Å². The minimum Gasteiger partial charge on any atom is -0.494 e. The van der Waals surface area contributed by atoms with Crippen molar-refractivity contribution in [2.24, 2.45) is 0 Å². The Balaban J connectivity index is 2.16. The van der Waals surface area contributed by atoms with Gasteiger partial charge in [-0.15, -0.1) is 0 Å². The Morgan fingerprint density at radius 1 is 1.32 bits per heavy atom. The Bertz CT molecular complexity index is 851. The predicted molar refractivity (Wildman–Crippen MR) is 92.9 cm³/mol. The Morgan fingerprint density at radius 2 is 2.04 bits per heavy atom. The minimum atomic E-state index is -0.599. The van der Waals surface area contributed by atoms with E-state index in [1.165, 1.54) is 24.3 Å². The van der Waals surface area contributed by atoms with Crippen molar-refractivity contribution in [2.45, 2.75) is 6.92 Å². The van der Waals surface area contributed by atoms with E-state index in [1.807, 2.05) is 6.92 Å². The summed E-state index contributed by atoms with van der Waals surface area (Å²) in [6.45, 7) is 2.41. The normalized spacial score (nSPS) is 10.6. The second-order valence-corrected chi connectivity index (χ2v) is 4.93. The highest BCUT2D eigenvalue weighted by Gasteiger charge is 2.11. The van der Waals surface area contributed by atoms with E-state index in [1.54, 1.807) is 36.4 Å². The number of ether oxygens (including phenoxy) is 1. The number of amides is 1. The quantitative estimate of drug-likeness (QED) is 0.375. The molecule has 2 rings (SSSR count). The number of non-ortho nitro benzene ring substituents is 1. The Labute approximate surface area is 144 Å². The standard InChI is InChI=1S/C18H15N3O4/c1-2-25-17-8-6-15(7-9-17)20-18(22)14(12-19)10-13-4-3-5-16(11-13)21(23)24/h3-11H,2H2,1H3,(H,20,22)/b14-10+. The Hall–Kier alpha value is -3.66. The highest BCUT2D eigenvalue weighted by molar-refractivity contribution is 6.09. The lowest BCUT2D eigenvalue weighted by atomic mass is 10.1. The van der Waals surface area contributed by atoms with Gasteiger partial charge in [-0.25, -0.2) is 0 Å². The molecule has 0 aliphatic heterocycles. The maximum Gasteiger partial charge on any atom is 0.270 e. The topological polar surface area (TPSA) is 105 Å². The Morgan fingerprint density at radius 3 is 2.64 bits per heavy atom. The number of carbonyl (C=O) groups excluding carboxylic acids is 1. The van der Waals surface area contributed by atoms with Crippen molar-refractivity contribution in [1.29, 1.82) is 5.26 Å². The summed E-state index contributed by atoms with van der Waals surface area (Å²) in [4.78, 5) is 22.5. The molecule has 2 aromatic carbocycles. The molecule has 0 bridgehead atoms. The predicted octanol–water partition coefficient (Wildman–Crippen LogP) is 3.54. The molecule has 0 aliphatic rings. The van der Waals surface area contributed by atoms with E-state index >= 15 is 0 Å². The molecule has 0 aliphatic carbocycles. The van der Waals surface area contributed by atoms with Crippen molar-refractivity contribution < 1.29 is 14.5 Å². The van der Waals surface area contributed by atoms with Crippen LogP contribution in [0.15, 0.2) is 54.1 Å². The first kappa shape index (κ1) is 17.7. The maximum absolute atomic E-state index is 12.2. The molecular formula is C18H15N3O4. The molecule has 0 heterocycles. The molecule has 0 saturated carbocycles. The van der Waals surface area contributed by atoms with Gasteiger partial charge in [-0.05, 0) is 42.8 Å². The van der Waals surface area contributed by atoms with Crippen molar-refractivity contribution in [2.75, 3.05) is 11.9 Å². The second kappa shape index (κ2) is 8.26. The lowest BCUT2D eigenvalue weighted by molar-refractivity contribution is -0.384. The molecule has 25 heavy (non-hydrogen) atoms. The average Bonchev–Trinajstić information content (AvgIpc) is 2.61. The lowest BCUT2D eigenvalue weighted by Gasteiger charge is -2.06. The molecule has 0 aromatic heterocycles. The SMILES string of the molecule is CCOc1ccc(NC(=O)/C(C#N)=C/c2cccc([N+](=O)[O-])c2)cc1. The van der Waals surface area contributed by atoms with E-state index in [2.05, 4.69) is 5.32 Å². The molecule has 126 valence electrons. The molecule has 0 radical (unpaired) electrons. The van der Waals surface area contributed by atoms with Gasteiger partial charge in [0.05, 0.1) is 11.5 Å². The summed E-state index contributed by atoms with van der Waals surface area (Å²) in [5.74, 6) is 0.0753. The summed E-state index contributed by atoms with van der Waals surface area (Å²) >= 11 is 0. The molecule has 0 unspecified atom stereocenters. The fourth-order valence-electron chi connectivity index (χ4n) is 2.04. The molecule has 7 heteroatoms. The number of hydrogen-bond donors (Lipinski definition) is 1. The summed E-state index contributed by atoms with van der Waals surface area (Å²) in [6.07, 6.45) is 1.30. The first-order valence-corrected chi connectivity index (χ1v) is 7.44. The van der Waals surface area contributed by atoms with Crippen LogP contribution in [0.2, 0.25) is 0 Å². The zero-order valence-electron chi connectivity index (χ0n) is 13.4. The fourth-order valence-corrected chi connectivity index (χ4v) is 2.04. The molecule has 0 atom stereocenters. The van der Waals surface area contributed by atoms with E-state index in [0.717, 1.165) is 0 Å². The van der Waals surface area contributed by atoms with Gasteiger partial charge in [0.25, 0.3) is 11.6 Å². The maximum atomic E-state index is 12.2. The highest BCUT2D eigenvalue weighted by atomic mass is 16.6. The van der Waals surface area contributed by atoms with Crippen molar-refractivity contribution in [3.05, 3.63) is 69.8 Å². The van der Waals surface area contributed by atoms with Crippen LogP contribution in [-0.4, -0.2) is 17.4 Å². The van der Waals surface area contributed by atoms with Crippen LogP contribution in [0, 0.1) is 21.4 Å². The van der Waals surface area contributed by atoms with Crippen molar-refractivity contribution in [3.8, 4) is 11.8 Å². The number of nitriles is 1. The van der Waals surface area contributed by atoms with Gasteiger partial charge < -0.3 is 10.1 Å². The zero-order chi connectivity index (χ0) is 18.2. The van der Waals surface area contributed by atoms with Crippen LogP contribution in [0.3, 0.4) is 0 Å². The third-order valence-corrected chi connectivity index (χ3v) is 3.18. The third-order valence-electron chi connectivity index (χ3n) is 3.18. The van der Waals surface area contributed by atoms with Crippen LogP contribution in [0.25, 0.3) is 6.08 Å². The molecule has 0 spiro atoms. The van der Waals surface area contributed by atoms with Gasteiger partial charge in [0.2, 0.25) is 0 Å². The zero-order valence-corrected chi connectivity index (χ0v) is 13.4. The van der Waals surface area contributed by atoms with Crippen LogP contribution < -0.4 is 10.1 Å². The largest absolute Gasteiger partial charge is 0.494 e. The summed E-state index contributed by atoms with van der Waals surface area (Å²) < 4.78 is 5.31. The van der Waals surface area contributed by atoms with E-state index < -0.39 is 10.8 Å². The number of hydrogen-bond acceptors (Lipinski definition) is 5. The molecule has 1 N–H and O–H groups in total. The van der Waals surface area contributed by atoms with E-state index in [4.69, 9.17) is 4.74 Å². The number of nitrogens with zero attached hydrogens (tertiary/aromatic N) is 2. The first-order chi connectivity index (χ1) is 12.0. The van der Waals surface area contributed by atoms with E-state index in [9.17, 15) is 20.2 Å². The summed E-state index contributed by atoms with van der Waals surface area (Å²) in [6, 6.07) is 14.2. The van der Waals surface area contributed by atoms with Crippen molar-refractivity contribution >= 4 is 23.4 Å². The minimum absolute atomic E-state index is 0.113. The third kappa shape index (κ3) is 4.91. The van der Waals surface area contributed by atoms with Crippen LogP contribution in [0.1, 0.15) is 12.5 Å². The van der Waals surface area contributed by atoms with Gasteiger partial charge in [0, 0.05) is 17.8 Å². The van der Waals surface area contributed by atoms with Gasteiger partial charge in [0.15, 0.2) is 0 Å². The number of carbonyl (C=O) groups is 1. The molecule has 2 aromatic rings. The van der Waals surface area contributed by atoms with Gasteiger partial charge >= 0.3 is 0 Å². The molecule has 1 amide bonds. The van der Waals surface area contributed by atoms with Crippen molar-refractivity contribution in [3.63, 3.8) is 0 Å². The van der Waals surface area contributed by atoms with Gasteiger partial charge in [0.1, 0.15) is 17.4 Å². The summed E-state index contributed by atoms with van der Waals surface area (Å²) in [7, 11) is 0. The molecule has 7 nitrogen and oxygen atoms in total.